The predicted molar refractivity (Wildman–Crippen MR) is 80.1 cm³/mol. The van der Waals surface area contributed by atoms with Gasteiger partial charge in [-0.15, -0.1) is 0 Å². The lowest BCUT2D eigenvalue weighted by Gasteiger charge is -2.33. The van der Waals surface area contributed by atoms with Crippen molar-refractivity contribution in [2.75, 3.05) is 0 Å². The highest BCUT2D eigenvalue weighted by atomic mass is 79.9. The van der Waals surface area contributed by atoms with Gasteiger partial charge in [0.2, 0.25) is 0 Å². The lowest BCUT2D eigenvalue weighted by molar-refractivity contribution is -0.145. The Balaban J connectivity index is 2.16. The average Bonchev–Trinajstić information content (AvgIpc) is 2.41. The quantitative estimate of drug-likeness (QED) is 0.863. The summed E-state index contributed by atoms with van der Waals surface area (Å²) < 4.78 is 14.6. The summed E-state index contributed by atoms with van der Waals surface area (Å²) >= 11 is 3.24. The van der Waals surface area contributed by atoms with Crippen molar-refractivity contribution in [1.82, 2.24) is 0 Å². The van der Waals surface area contributed by atoms with Gasteiger partial charge >= 0.3 is 5.97 Å². The van der Waals surface area contributed by atoms with Crippen molar-refractivity contribution < 1.29 is 14.3 Å². The van der Waals surface area contributed by atoms with Crippen LogP contribution in [0.2, 0.25) is 0 Å². The molecule has 3 unspecified atom stereocenters. The minimum Gasteiger partial charge on any atom is -0.481 e. The summed E-state index contributed by atoms with van der Waals surface area (Å²) in [5.41, 5.74) is 0.626. The summed E-state index contributed by atoms with van der Waals surface area (Å²) in [7, 11) is 0. The number of aliphatic carboxylic acids is 1. The zero-order chi connectivity index (χ0) is 14.7. The van der Waals surface area contributed by atoms with Gasteiger partial charge in [-0.2, -0.15) is 0 Å². The van der Waals surface area contributed by atoms with Crippen LogP contribution in [0.25, 0.3) is 0 Å². The first kappa shape index (κ1) is 15.5. The lowest BCUT2D eigenvalue weighted by Crippen LogP contribution is -2.32. The maximum Gasteiger partial charge on any atom is 0.306 e. The van der Waals surface area contributed by atoms with Gasteiger partial charge in [0.25, 0.3) is 0 Å². The Hall–Kier alpha value is -0.900. The Morgan fingerprint density at radius 1 is 1.45 bits per heavy atom. The molecule has 0 amide bonds. The highest BCUT2D eigenvalue weighted by Crippen LogP contribution is 2.38. The molecule has 4 heteroatoms. The van der Waals surface area contributed by atoms with Crippen molar-refractivity contribution in [3.05, 3.63) is 34.1 Å². The summed E-state index contributed by atoms with van der Waals surface area (Å²) in [6.45, 7) is 2.14. The van der Waals surface area contributed by atoms with Crippen molar-refractivity contribution in [3.8, 4) is 0 Å². The molecule has 2 nitrogen and oxygen atoms in total. The molecule has 1 saturated carbocycles. The van der Waals surface area contributed by atoms with E-state index in [1.807, 2.05) is 6.07 Å². The van der Waals surface area contributed by atoms with Gasteiger partial charge in [-0.25, -0.2) is 4.39 Å². The van der Waals surface area contributed by atoms with Gasteiger partial charge < -0.3 is 5.11 Å². The van der Waals surface area contributed by atoms with E-state index >= 15 is 0 Å². The molecule has 1 aliphatic rings. The predicted octanol–water partition coefficient (Wildman–Crippen LogP) is 4.66. The SMILES string of the molecule is CCC1CCC(C(=O)O)C(Cc2ccc(Br)cc2F)C1. The van der Waals surface area contributed by atoms with Crippen LogP contribution in [0.3, 0.4) is 0 Å². The fraction of sp³-hybridized carbons (Fsp3) is 0.562. The normalized spacial score (nSPS) is 26.4. The molecule has 3 atom stereocenters. The van der Waals surface area contributed by atoms with E-state index in [4.69, 9.17) is 0 Å². The monoisotopic (exact) mass is 342 g/mol. The summed E-state index contributed by atoms with van der Waals surface area (Å²) in [4.78, 5) is 11.4. The molecule has 1 aliphatic carbocycles. The van der Waals surface area contributed by atoms with E-state index in [0.29, 0.717) is 22.4 Å². The van der Waals surface area contributed by atoms with Crippen molar-refractivity contribution >= 4 is 21.9 Å². The highest BCUT2D eigenvalue weighted by molar-refractivity contribution is 9.10. The van der Waals surface area contributed by atoms with Crippen LogP contribution in [0.4, 0.5) is 4.39 Å². The molecule has 110 valence electrons. The maximum absolute atomic E-state index is 13.9. The zero-order valence-corrected chi connectivity index (χ0v) is 13.2. The van der Waals surface area contributed by atoms with Crippen LogP contribution < -0.4 is 0 Å². The molecule has 1 N–H and O–H groups in total. The number of benzene rings is 1. The third-order valence-electron chi connectivity index (χ3n) is 4.48. The first-order valence-corrected chi connectivity index (χ1v) is 7.97. The Bertz CT molecular complexity index is 489. The second-order valence-corrected chi connectivity index (χ2v) is 6.65. The van der Waals surface area contributed by atoms with Gasteiger partial charge in [-0.05, 0) is 55.2 Å². The molecular formula is C16H20BrFO2. The molecule has 2 rings (SSSR count). The molecule has 0 spiro atoms. The maximum atomic E-state index is 13.9. The van der Waals surface area contributed by atoms with E-state index in [2.05, 4.69) is 22.9 Å². The van der Waals surface area contributed by atoms with Crippen LogP contribution in [0, 0.1) is 23.6 Å². The smallest absolute Gasteiger partial charge is 0.306 e. The van der Waals surface area contributed by atoms with E-state index < -0.39 is 5.97 Å². The fourth-order valence-electron chi connectivity index (χ4n) is 3.25. The van der Waals surface area contributed by atoms with Gasteiger partial charge in [0, 0.05) is 4.47 Å². The number of hydrogen-bond acceptors (Lipinski definition) is 1. The van der Waals surface area contributed by atoms with E-state index in [9.17, 15) is 14.3 Å². The van der Waals surface area contributed by atoms with Gasteiger partial charge in [-0.3, -0.25) is 4.79 Å². The minimum absolute atomic E-state index is 0.0434. The number of carboxylic acid groups (broad SMARTS) is 1. The van der Waals surface area contributed by atoms with Gasteiger partial charge in [0.1, 0.15) is 5.82 Å². The molecule has 0 heterocycles. The number of halogens is 2. The molecule has 1 aromatic rings. The number of carbonyl (C=O) groups is 1. The first-order valence-electron chi connectivity index (χ1n) is 7.18. The van der Waals surface area contributed by atoms with Crippen LogP contribution in [0.1, 0.15) is 38.2 Å². The summed E-state index contributed by atoms with van der Waals surface area (Å²) in [5.74, 6) is -0.693. The first-order chi connectivity index (χ1) is 9.51. The van der Waals surface area contributed by atoms with Crippen molar-refractivity contribution in [1.29, 1.82) is 0 Å². The van der Waals surface area contributed by atoms with E-state index in [1.54, 1.807) is 6.07 Å². The second kappa shape index (κ2) is 6.70. The van der Waals surface area contributed by atoms with E-state index in [-0.39, 0.29) is 17.7 Å². The van der Waals surface area contributed by atoms with Crippen molar-refractivity contribution in [2.45, 2.75) is 39.0 Å². The Kier molecular flexibility index (Phi) is 5.19. The van der Waals surface area contributed by atoms with Gasteiger partial charge in [0.05, 0.1) is 5.92 Å². The topological polar surface area (TPSA) is 37.3 Å². The Morgan fingerprint density at radius 3 is 2.80 bits per heavy atom. The number of hydrogen-bond donors (Lipinski definition) is 1. The third kappa shape index (κ3) is 3.60. The lowest BCUT2D eigenvalue weighted by atomic mass is 9.71. The Morgan fingerprint density at radius 2 is 2.20 bits per heavy atom. The molecule has 1 fully saturated rings. The van der Waals surface area contributed by atoms with Gasteiger partial charge in [-0.1, -0.05) is 35.3 Å². The summed E-state index contributed by atoms with van der Waals surface area (Å²) in [6, 6.07) is 5.02. The molecule has 0 saturated heterocycles. The molecular weight excluding hydrogens is 323 g/mol. The van der Waals surface area contributed by atoms with Crippen LogP contribution >= 0.6 is 15.9 Å². The summed E-state index contributed by atoms with van der Waals surface area (Å²) in [5, 5.41) is 9.36. The molecule has 0 bridgehead atoms. The molecule has 1 aromatic carbocycles. The van der Waals surface area contributed by atoms with Crippen LogP contribution in [0.15, 0.2) is 22.7 Å². The second-order valence-electron chi connectivity index (χ2n) is 5.73. The third-order valence-corrected chi connectivity index (χ3v) is 4.98. The molecule has 0 aromatic heterocycles. The minimum atomic E-state index is -0.734. The van der Waals surface area contributed by atoms with Gasteiger partial charge in [0.15, 0.2) is 0 Å². The van der Waals surface area contributed by atoms with E-state index in [1.165, 1.54) is 6.07 Å². The van der Waals surface area contributed by atoms with Crippen LogP contribution in [-0.4, -0.2) is 11.1 Å². The highest BCUT2D eigenvalue weighted by Gasteiger charge is 2.34. The standard InChI is InChI=1S/C16H20BrFO2/c1-2-10-3-6-14(16(19)20)12(7-10)8-11-4-5-13(17)9-15(11)18/h4-5,9-10,12,14H,2-3,6-8H2,1H3,(H,19,20). The molecule has 0 aliphatic heterocycles. The van der Waals surface area contributed by atoms with Crippen LogP contribution in [0.5, 0.6) is 0 Å². The molecule has 0 radical (unpaired) electrons. The van der Waals surface area contributed by atoms with Crippen molar-refractivity contribution in [2.24, 2.45) is 17.8 Å². The van der Waals surface area contributed by atoms with Crippen LogP contribution in [-0.2, 0) is 11.2 Å². The zero-order valence-electron chi connectivity index (χ0n) is 11.6. The molecule has 20 heavy (non-hydrogen) atoms. The Labute approximate surface area is 127 Å². The van der Waals surface area contributed by atoms with Crippen molar-refractivity contribution in [3.63, 3.8) is 0 Å². The van der Waals surface area contributed by atoms with E-state index in [0.717, 1.165) is 25.7 Å². The fourth-order valence-corrected chi connectivity index (χ4v) is 3.59. The average molecular weight is 343 g/mol. The summed E-state index contributed by atoms with van der Waals surface area (Å²) in [6.07, 6.45) is 4.19. The number of rotatable bonds is 4. The number of carboxylic acids is 1. The largest absolute Gasteiger partial charge is 0.481 e.